The van der Waals surface area contributed by atoms with Crippen LogP contribution in [0.3, 0.4) is 0 Å². The van der Waals surface area contributed by atoms with Crippen LogP contribution in [0, 0.1) is 0 Å². The second-order valence-electron chi connectivity index (χ2n) is 4.00. The van der Waals surface area contributed by atoms with Crippen LogP contribution in [0.25, 0.3) is 0 Å². The van der Waals surface area contributed by atoms with Crippen LogP contribution >= 0.6 is 15.9 Å². The monoisotopic (exact) mass is 308 g/mol. The summed E-state index contributed by atoms with van der Waals surface area (Å²) in [5.41, 5.74) is 0.547. The average molecular weight is 309 g/mol. The van der Waals surface area contributed by atoms with E-state index in [1.54, 1.807) is 36.7 Å². The van der Waals surface area contributed by atoms with E-state index in [9.17, 15) is 4.79 Å². The maximum Gasteiger partial charge on any atom is 0.255 e. The molecule has 1 amide bonds. The number of furan rings is 1. The lowest BCUT2D eigenvalue weighted by Gasteiger charge is -2.23. The highest BCUT2D eigenvalue weighted by Crippen LogP contribution is 2.21. The number of hydrogen-bond donors (Lipinski definition) is 0. The molecule has 2 heterocycles. The van der Waals surface area contributed by atoms with Crippen molar-refractivity contribution in [2.45, 2.75) is 13.0 Å². The predicted octanol–water partition coefficient (Wildman–Crippen LogP) is 3.27. The van der Waals surface area contributed by atoms with Crippen LogP contribution < -0.4 is 0 Å². The summed E-state index contributed by atoms with van der Waals surface area (Å²) in [4.78, 5) is 17.9. The number of nitrogens with zero attached hydrogens (tertiary/aromatic N) is 2. The fraction of sp³-hybridized carbons (Fsp3) is 0.231. The Morgan fingerprint density at radius 1 is 1.50 bits per heavy atom. The highest BCUT2D eigenvalue weighted by Gasteiger charge is 2.20. The highest BCUT2D eigenvalue weighted by atomic mass is 79.9. The lowest BCUT2D eigenvalue weighted by molar-refractivity contribution is 0.0725. The summed E-state index contributed by atoms with van der Waals surface area (Å²) in [6.45, 7) is 1.92. The van der Waals surface area contributed by atoms with Gasteiger partial charge in [0.15, 0.2) is 0 Å². The molecule has 0 saturated carbocycles. The highest BCUT2D eigenvalue weighted by molar-refractivity contribution is 9.10. The SMILES string of the molecule is CC(c1ccco1)N(C)C(=O)c1cncc(Br)c1. The minimum absolute atomic E-state index is 0.0901. The molecule has 1 atom stereocenters. The minimum Gasteiger partial charge on any atom is -0.467 e. The molecule has 2 aromatic heterocycles. The summed E-state index contributed by atoms with van der Waals surface area (Å²) in [7, 11) is 1.75. The van der Waals surface area contributed by atoms with Gasteiger partial charge in [-0.15, -0.1) is 0 Å². The summed E-state index contributed by atoms with van der Waals surface area (Å²) in [6, 6.07) is 5.30. The molecular weight excluding hydrogens is 296 g/mol. The molecule has 94 valence electrons. The lowest BCUT2D eigenvalue weighted by Crippen LogP contribution is -2.29. The van der Waals surface area contributed by atoms with Gasteiger partial charge in [0, 0.05) is 23.9 Å². The third-order valence-electron chi connectivity index (χ3n) is 2.81. The van der Waals surface area contributed by atoms with Gasteiger partial charge in [-0.25, -0.2) is 0 Å². The number of carbonyl (C=O) groups is 1. The molecule has 2 aromatic rings. The number of aromatic nitrogens is 1. The maximum atomic E-state index is 12.3. The lowest BCUT2D eigenvalue weighted by atomic mass is 10.2. The molecule has 1 unspecified atom stereocenters. The van der Waals surface area contributed by atoms with Crippen molar-refractivity contribution < 1.29 is 9.21 Å². The number of carbonyl (C=O) groups excluding carboxylic acids is 1. The van der Waals surface area contributed by atoms with E-state index < -0.39 is 0 Å². The van der Waals surface area contributed by atoms with Crippen molar-refractivity contribution in [3.63, 3.8) is 0 Å². The number of rotatable bonds is 3. The predicted molar refractivity (Wildman–Crippen MR) is 71.2 cm³/mol. The molecule has 0 fully saturated rings. The van der Waals surface area contributed by atoms with Gasteiger partial charge in [-0.05, 0) is 41.1 Å². The Hall–Kier alpha value is -1.62. The van der Waals surface area contributed by atoms with Crippen LogP contribution in [0.5, 0.6) is 0 Å². The van der Waals surface area contributed by atoms with E-state index in [1.165, 1.54) is 0 Å². The first-order chi connectivity index (χ1) is 8.59. The number of hydrogen-bond acceptors (Lipinski definition) is 3. The van der Waals surface area contributed by atoms with Crippen molar-refractivity contribution in [3.05, 3.63) is 52.7 Å². The molecular formula is C13H13BrN2O2. The number of amides is 1. The van der Waals surface area contributed by atoms with E-state index in [-0.39, 0.29) is 11.9 Å². The van der Waals surface area contributed by atoms with E-state index in [0.717, 1.165) is 10.2 Å². The molecule has 0 aromatic carbocycles. The van der Waals surface area contributed by atoms with Gasteiger partial charge in [-0.3, -0.25) is 9.78 Å². The summed E-state index contributed by atoms with van der Waals surface area (Å²) >= 11 is 3.30. The van der Waals surface area contributed by atoms with E-state index in [4.69, 9.17) is 4.42 Å². The molecule has 0 spiro atoms. The topological polar surface area (TPSA) is 46.3 Å². The second-order valence-corrected chi connectivity index (χ2v) is 4.91. The van der Waals surface area contributed by atoms with E-state index in [0.29, 0.717) is 5.56 Å². The van der Waals surface area contributed by atoms with Gasteiger partial charge in [0.25, 0.3) is 5.91 Å². The Morgan fingerprint density at radius 3 is 2.89 bits per heavy atom. The third-order valence-corrected chi connectivity index (χ3v) is 3.24. The molecule has 0 saturated heterocycles. The van der Waals surface area contributed by atoms with Crippen LogP contribution in [0.4, 0.5) is 0 Å². The van der Waals surface area contributed by atoms with Crippen LogP contribution in [0.15, 0.2) is 45.7 Å². The molecule has 2 rings (SSSR count). The van der Waals surface area contributed by atoms with Gasteiger partial charge < -0.3 is 9.32 Å². The molecule has 0 aliphatic carbocycles. The maximum absolute atomic E-state index is 12.3. The van der Waals surface area contributed by atoms with Gasteiger partial charge in [0.1, 0.15) is 5.76 Å². The van der Waals surface area contributed by atoms with Gasteiger partial charge in [-0.1, -0.05) is 0 Å². The molecule has 0 bridgehead atoms. The van der Waals surface area contributed by atoms with Crippen LogP contribution in [0.2, 0.25) is 0 Å². The Balaban J connectivity index is 2.19. The van der Waals surface area contributed by atoms with Gasteiger partial charge in [0.2, 0.25) is 0 Å². The van der Waals surface area contributed by atoms with E-state index in [1.807, 2.05) is 19.1 Å². The molecule has 0 aliphatic heterocycles. The standard InChI is InChI=1S/C13H13BrN2O2/c1-9(12-4-3-5-18-12)16(2)13(17)10-6-11(14)8-15-7-10/h3-9H,1-2H3. The molecule has 18 heavy (non-hydrogen) atoms. The Bertz CT molecular complexity index is 540. The van der Waals surface area contributed by atoms with Crippen molar-refractivity contribution in [3.8, 4) is 0 Å². The van der Waals surface area contributed by atoms with Crippen molar-refractivity contribution in [1.82, 2.24) is 9.88 Å². The van der Waals surface area contributed by atoms with Crippen LogP contribution in [-0.2, 0) is 0 Å². The number of pyridine rings is 1. The van der Waals surface area contributed by atoms with Crippen LogP contribution in [0.1, 0.15) is 29.1 Å². The second kappa shape index (κ2) is 5.35. The Kier molecular flexibility index (Phi) is 3.81. The third kappa shape index (κ3) is 2.61. The van der Waals surface area contributed by atoms with Crippen LogP contribution in [-0.4, -0.2) is 22.8 Å². The largest absolute Gasteiger partial charge is 0.467 e. The zero-order valence-corrected chi connectivity index (χ0v) is 11.7. The van der Waals surface area contributed by atoms with Gasteiger partial charge >= 0.3 is 0 Å². The fourth-order valence-electron chi connectivity index (χ4n) is 1.63. The zero-order valence-electron chi connectivity index (χ0n) is 10.1. The first-order valence-electron chi connectivity index (χ1n) is 5.50. The van der Waals surface area contributed by atoms with Gasteiger partial charge in [0.05, 0.1) is 17.9 Å². The molecule has 0 radical (unpaired) electrons. The average Bonchev–Trinajstić information content (AvgIpc) is 2.90. The summed E-state index contributed by atoms with van der Waals surface area (Å²) in [5, 5.41) is 0. The molecule has 0 aliphatic rings. The molecule has 5 heteroatoms. The normalized spacial score (nSPS) is 12.2. The first-order valence-corrected chi connectivity index (χ1v) is 6.30. The first kappa shape index (κ1) is 12.8. The molecule has 4 nitrogen and oxygen atoms in total. The van der Waals surface area contributed by atoms with Crippen molar-refractivity contribution in [1.29, 1.82) is 0 Å². The molecule has 0 N–H and O–H groups in total. The van der Waals surface area contributed by atoms with Crippen molar-refractivity contribution >= 4 is 21.8 Å². The fourth-order valence-corrected chi connectivity index (χ4v) is 1.99. The Labute approximate surface area is 114 Å². The van der Waals surface area contributed by atoms with Crippen molar-refractivity contribution in [2.24, 2.45) is 0 Å². The van der Waals surface area contributed by atoms with E-state index in [2.05, 4.69) is 20.9 Å². The smallest absolute Gasteiger partial charge is 0.255 e. The van der Waals surface area contributed by atoms with Gasteiger partial charge in [-0.2, -0.15) is 0 Å². The Morgan fingerprint density at radius 2 is 2.28 bits per heavy atom. The van der Waals surface area contributed by atoms with E-state index >= 15 is 0 Å². The summed E-state index contributed by atoms with van der Waals surface area (Å²) < 4.78 is 6.09. The minimum atomic E-state index is -0.119. The summed E-state index contributed by atoms with van der Waals surface area (Å²) in [6.07, 6.45) is 4.80. The van der Waals surface area contributed by atoms with Crippen molar-refractivity contribution in [2.75, 3.05) is 7.05 Å². The number of halogens is 1. The quantitative estimate of drug-likeness (QED) is 0.874. The summed E-state index contributed by atoms with van der Waals surface area (Å²) in [5.74, 6) is 0.668. The zero-order chi connectivity index (χ0) is 13.1.